The van der Waals surface area contributed by atoms with E-state index in [4.69, 9.17) is 10.00 Å². The van der Waals surface area contributed by atoms with Crippen LogP contribution >= 0.6 is 15.9 Å². The van der Waals surface area contributed by atoms with Gasteiger partial charge in [-0.1, -0.05) is 0 Å². The summed E-state index contributed by atoms with van der Waals surface area (Å²) in [5.74, 6) is 0. The zero-order valence-electron chi connectivity index (χ0n) is 10.1. The Labute approximate surface area is 114 Å². The molecule has 0 unspecified atom stereocenters. The van der Waals surface area contributed by atoms with E-state index in [1.807, 2.05) is 4.90 Å². The van der Waals surface area contributed by atoms with Gasteiger partial charge in [-0.2, -0.15) is 5.26 Å². The van der Waals surface area contributed by atoms with Gasteiger partial charge in [-0.3, -0.25) is 9.36 Å². The molecule has 6 heteroatoms. The fourth-order valence-electron chi connectivity index (χ4n) is 1.93. The minimum Gasteiger partial charge on any atom is -0.378 e. The number of ether oxygens (including phenoxy) is 1. The second-order valence-electron chi connectivity index (χ2n) is 4.16. The highest BCUT2D eigenvalue weighted by Crippen LogP contribution is 2.18. The maximum absolute atomic E-state index is 12.3. The Hall–Kier alpha value is -1.32. The molecule has 0 aliphatic carbocycles. The van der Waals surface area contributed by atoms with Crippen molar-refractivity contribution in [1.29, 1.82) is 5.26 Å². The number of hydrogen-bond donors (Lipinski definition) is 0. The Morgan fingerprint density at radius 1 is 1.50 bits per heavy atom. The molecule has 1 aliphatic heterocycles. The van der Waals surface area contributed by atoms with Gasteiger partial charge in [-0.05, 0) is 28.9 Å². The van der Waals surface area contributed by atoms with Gasteiger partial charge in [-0.25, -0.2) is 0 Å². The number of aromatic nitrogens is 1. The van der Waals surface area contributed by atoms with E-state index in [1.54, 1.807) is 19.2 Å². The normalized spacial score (nSPS) is 17.3. The Balaban J connectivity index is 2.44. The van der Waals surface area contributed by atoms with Gasteiger partial charge in [-0.15, -0.1) is 0 Å². The summed E-state index contributed by atoms with van der Waals surface area (Å²) in [6.45, 7) is 4.36. The Morgan fingerprint density at radius 3 is 2.78 bits per heavy atom. The molecule has 18 heavy (non-hydrogen) atoms. The number of nitrogens with zero attached hydrogens (tertiary/aromatic N) is 3. The van der Waals surface area contributed by atoms with Gasteiger partial charge in [0, 0.05) is 23.8 Å². The van der Waals surface area contributed by atoms with Crippen molar-refractivity contribution in [2.45, 2.75) is 13.0 Å². The zero-order chi connectivity index (χ0) is 13.1. The maximum atomic E-state index is 12.3. The van der Waals surface area contributed by atoms with E-state index in [9.17, 15) is 4.79 Å². The highest BCUT2D eigenvalue weighted by Gasteiger charge is 2.18. The van der Waals surface area contributed by atoms with Crippen molar-refractivity contribution in [2.75, 3.05) is 31.2 Å². The molecule has 0 amide bonds. The van der Waals surface area contributed by atoms with E-state index < -0.39 is 6.04 Å². The molecule has 1 fully saturated rings. The highest BCUT2D eigenvalue weighted by atomic mass is 79.9. The number of halogens is 1. The van der Waals surface area contributed by atoms with Crippen LogP contribution in [0.2, 0.25) is 0 Å². The third-order valence-electron chi connectivity index (χ3n) is 2.95. The Morgan fingerprint density at radius 2 is 2.17 bits per heavy atom. The van der Waals surface area contributed by atoms with Gasteiger partial charge >= 0.3 is 0 Å². The summed E-state index contributed by atoms with van der Waals surface area (Å²) in [5.41, 5.74) is 0.490. The Kier molecular flexibility index (Phi) is 4.04. The van der Waals surface area contributed by atoms with Crippen LogP contribution in [0.4, 0.5) is 5.69 Å². The number of hydrogen-bond acceptors (Lipinski definition) is 4. The summed E-state index contributed by atoms with van der Waals surface area (Å²) in [6, 6.07) is 3.40. The van der Waals surface area contributed by atoms with Crippen molar-refractivity contribution in [3.05, 3.63) is 27.1 Å². The molecule has 2 rings (SSSR count). The summed E-state index contributed by atoms with van der Waals surface area (Å²) >= 11 is 3.38. The minimum absolute atomic E-state index is 0.130. The first kappa shape index (κ1) is 13.1. The second-order valence-corrected chi connectivity index (χ2v) is 5.08. The van der Waals surface area contributed by atoms with Crippen LogP contribution in [-0.4, -0.2) is 30.9 Å². The zero-order valence-corrected chi connectivity index (χ0v) is 11.7. The summed E-state index contributed by atoms with van der Waals surface area (Å²) in [4.78, 5) is 14.3. The minimum atomic E-state index is -0.477. The smallest absolute Gasteiger partial charge is 0.275 e. The summed E-state index contributed by atoms with van der Waals surface area (Å²) in [7, 11) is 0. The monoisotopic (exact) mass is 311 g/mol. The average molecular weight is 312 g/mol. The topological polar surface area (TPSA) is 58.3 Å². The van der Waals surface area contributed by atoms with Crippen molar-refractivity contribution >= 4 is 21.6 Å². The molecule has 2 heterocycles. The molecule has 0 radical (unpaired) electrons. The molecule has 1 aliphatic rings. The first-order valence-corrected chi connectivity index (χ1v) is 6.57. The molecule has 1 aromatic rings. The predicted octanol–water partition coefficient (Wildman–Crippen LogP) is 1.53. The molecule has 1 saturated heterocycles. The lowest BCUT2D eigenvalue weighted by atomic mass is 10.3. The van der Waals surface area contributed by atoms with Crippen LogP contribution in [0.1, 0.15) is 13.0 Å². The molecular weight excluding hydrogens is 298 g/mol. The molecule has 0 N–H and O–H groups in total. The molecule has 96 valence electrons. The number of rotatable bonds is 2. The van der Waals surface area contributed by atoms with Crippen LogP contribution in [-0.2, 0) is 4.74 Å². The van der Waals surface area contributed by atoms with Crippen LogP contribution < -0.4 is 10.5 Å². The lowest BCUT2D eigenvalue weighted by Gasteiger charge is -2.28. The molecule has 1 aromatic heterocycles. The van der Waals surface area contributed by atoms with Gasteiger partial charge in [0.2, 0.25) is 0 Å². The predicted molar refractivity (Wildman–Crippen MR) is 71.8 cm³/mol. The fourth-order valence-corrected chi connectivity index (χ4v) is 2.37. The average Bonchev–Trinajstić information content (AvgIpc) is 2.41. The molecule has 1 atom stereocenters. The number of pyridine rings is 1. The number of morpholine rings is 1. The van der Waals surface area contributed by atoms with E-state index in [2.05, 4.69) is 22.0 Å². The molecule has 0 aromatic carbocycles. The third kappa shape index (κ3) is 2.57. The first-order chi connectivity index (χ1) is 8.63. The summed E-state index contributed by atoms with van der Waals surface area (Å²) < 4.78 is 7.53. The van der Waals surface area contributed by atoms with Crippen LogP contribution in [0, 0.1) is 11.3 Å². The van der Waals surface area contributed by atoms with E-state index in [-0.39, 0.29) is 5.56 Å². The standard InChI is InChI=1S/C12H14BrN3O2/c1-9(7-14)16-8-10(13)6-11(12(16)17)15-2-4-18-5-3-15/h6,8-9H,2-5H2,1H3/t9-/m0/s1. The van der Waals surface area contributed by atoms with Crippen molar-refractivity contribution < 1.29 is 4.74 Å². The summed E-state index contributed by atoms with van der Waals surface area (Å²) in [6.07, 6.45) is 1.65. The van der Waals surface area contributed by atoms with Gasteiger partial charge in [0.05, 0.1) is 19.3 Å². The van der Waals surface area contributed by atoms with Crippen molar-refractivity contribution in [3.8, 4) is 6.07 Å². The fraction of sp³-hybridized carbons (Fsp3) is 0.500. The van der Waals surface area contributed by atoms with E-state index in [0.29, 0.717) is 32.0 Å². The second kappa shape index (κ2) is 5.55. The largest absolute Gasteiger partial charge is 0.378 e. The van der Waals surface area contributed by atoms with Crippen molar-refractivity contribution in [1.82, 2.24) is 4.57 Å². The van der Waals surface area contributed by atoms with E-state index >= 15 is 0 Å². The summed E-state index contributed by atoms with van der Waals surface area (Å²) in [5, 5.41) is 8.95. The van der Waals surface area contributed by atoms with Crippen LogP contribution in [0.25, 0.3) is 0 Å². The van der Waals surface area contributed by atoms with Crippen molar-refractivity contribution in [3.63, 3.8) is 0 Å². The molecular formula is C12H14BrN3O2. The lowest BCUT2D eigenvalue weighted by Crippen LogP contribution is -2.40. The van der Waals surface area contributed by atoms with Gasteiger partial charge in [0.25, 0.3) is 5.56 Å². The molecule has 0 bridgehead atoms. The SMILES string of the molecule is C[C@@H](C#N)n1cc(Br)cc(N2CCOCC2)c1=O. The van der Waals surface area contributed by atoms with Crippen LogP contribution in [0.15, 0.2) is 21.5 Å². The molecule has 0 spiro atoms. The Bertz CT molecular complexity index is 529. The quantitative estimate of drug-likeness (QED) is 0.831. The third-order valence-corrected chi connectivity index (χ3v) is 3.38. The highest BCUT2D eigenvalue weighted by molar-refractivity contribution is 9.10. The van der Waals surface area contributed by atoms with Crippen LogP contribution in [0.5, 0.6) is 0 Å². The van der Waals surface area contributed by atoms with E-state index in [0.717, 1.165) is 4.47 Å². The maximum Gasteiger partial charge on any atom is 0.275 e. The molecule has 5 nitrogen and oxygen atoms in total. The van der Waals surface area contributed by atoms with E-state index in [1.165, 1.54) is 4.57 Å². The van der Waals surface area contributed by atoms with Crippen LogP contribution in [0.3, 0.4) is 0 Å². The van der Waals surface area contributed by atoms with Gasteiger partial charge < -0.3 is 9.64 Å². The number of nitriles is 1. The first-order valence-electron chi connectivity index (χ1n) is 5.77. The van der Waals surface area contributed by atoms with Crippen molar-refractivity contribution in [2.24, 2.45) is 0 Å². The number of anilines is 1. The molecule has 0 saturated carbocycles. The lowest BCUT2D eigenvalue weighted by molar-refractivity contribution is 0.122. The van der Waals surface area contributed by atoms with Gasteiger partial charge in [0.15, 0.2) is 0 Å². The van der Waals surface area contributed by atoms with Gasteiger partial charge in [0.1, 0.15) is 11.7 Å².